The van der Waals surface area contributed by atoms with Gasteiger partial charge in [0.05, 0.1) is 0 Å². The monoisotopic (exact) mass is 183 g/mol. The summed E-state index contributed by atoms with van der Waals surface area (Å²) in [6.07, 6.45) is 0. The highest BCUT2D eigenvalue weighted by Crippen LogP contribution is 1.97. The minimum Gasteiger partial charge on any atom is -0.311 e. The highest BCUT2D eigenvalue weighted by atomic mass is 35.5. The van der Waals surface area contributed by atoms with Crippen LogP contribution in [-0.4, -0.2) is 11.9 Å². The van der Waals surface area contributed by atoms with Gasteiger partial charge in [0.2, 0.25) is 0 Å². The topological polar surface area (TPSA) is 12.0 Å². The van der Waals surface area contributed by atoms with E-state index in [0.29, 0.717) is 0 Å². The van der Waals surface area contributed by atoms with E-state index in [9.17, 15) is 0 Å². The number of alkyl halides is 1. The third-order valence-electron chi connectivity index (χ3n) is 1.60. The molecule has 0 radical (unpaired) electrons. The Labute approximate surface area is 78.7 Å². The first kappa shape index (κ1) is 9.56. The van der Waals surface area contributed by atoms with E-state index in [0.717, 1.165) is 13.1 Å². The van der Waals surface area contributed by atoms with Crippen molar-refractivity contribution >= 4 is 11.6 Å². The number of nitrogens with one attached hydrogen (secondary N) is 1. The van der Waals surface area contributed by atoms with Gasteiger partial charge in [-0.05, 0) is 12.5 Å². The van der Waals surface area contributed by atoms with E-state index < -0.39 is 0 Å². The fraction of sp³-hybridized carbons (Fsp3) is 0.400. The first-order valence-electron chi connectivity index (χ1n) is 4.18. The summed E-state index contributed by atoms with van der Waals surface area (Å²) >= 11 is 5.78. The molecule has 12 heavy (non-hydrogen) atoms. The van der Waals surface area contributed by atoms with E-state index in [-0.39, 0.29) is 5.38 Å². The van der Waals surface area contributed by atoms with Gasteiger partial charge in [0, 0.05) is 18.5 Å². The quantitative estimate of drug-likeness (QED) is 0.707. The average Bonchev–Trinajstić information content (AvgIpc) is 2.05. The van der Waals surface area contributed by atoms with Crippen molar-refractivity contribution in [1.82, 2.24) is 5.32 Å². The lowest BCUT2D eigenvalue weighted by Gasteiger charge is -2.05. The molecule has 1 rings (SSSR count). The summed E-state index contributed by atoms with van der Waals surface area (Å²) in [4.78, 5) is 0. The van der Waals surface area contributed by atoms with Crippen LogP contribution in [0.2, 0.25) is 0 Å². The molecule has 0 bridgehead atoms. The molecule has 1 aromatic carbocycles. The molecule has 0 fully saturated rings. The zero-order chi connectivity index (χ0) is 8.81. The van der Waals surface area contributed by atoms with Crippen LogP contribution in [0.3, 0.4) is 0 Å². The van der Waals surface area contributed by atoms with Crippen LogP contribution in [0.1, 0.15) is 12.5 Å². The predicted molar refractivity (Wildman–Crippen MR) is 53.5 cm³/mol. The second kappa shape index (κ2) is 5.18. The normalized spacial score (nSPS) is 12.8. The minimum absolute atomic E-state index is 0.203. The van der Waals surface area contributed by atoms with Crippen LogP contribution in [0.25, 0.3) is 0 Å². The minimum atomic E-state index is 0.203. The molecule has 1 N–H and O–H groups in total. The van der Waals surface area contributed by atoms with Gasteiger partial charge in [-0.15, -0.1) is 11.6 Å². The molecule has 0 saturated carbocycles. The molecule has 0 aliphatic rings. The standard InChI is InChI=1S/C10H14ClN/c1-9(11)7-12-8-10-5-3-2-4-6-10/h2-6,9,12H,7-8H2,1H3/t9-/m0/s1. The zero-order valence-electron chi connectivity index (χ0n) is 7.26. The van der Waals surface area contributed by atoms with Gasteiger partial charge >= 0.3 is 0 Å². The number of hydrogen-bond donors (Lipinski definition) is 1. The van der Waals surface area contributed by atoms with Gasteiger partial charge in [-0.3, -0.25) is 0 Å². The van der Waals surface area contributed by atoms with Crippen molar-refractivity contribution in [2.24, 2.45) is 0 Å². The Kier molecular flexibility index (Phi) is 4.12. The van der Waals surface area contributed by atoms with Gasteiger partial charge in [0.1, 0.15) is 0 Å². The third-order valence-corrected chi connectivity index (χ3v) is 1.75. The van der Waals surface area contributed by atoms with Crippen molar-refractivity contribution in [2.45, 2.75) is 18.8 Å². The van der Waals surface area contributed by atoms with Crippen LogP contribution in [0, 0.1) is 0 Å². The summed E-state index contributed by atoms with van der Waals surface area (Å²) in [7, 11) is 0. The lowest BCUT2D eigenvalue weighted by atomic mass is 10.2. The first-order chi connectivity index (χ1) is 5.79. The molecule has 0 unspecified atom stereocenters. The highest BCUT2D eigenvalue weighted by Gasteiger charge is 1.94. The number of hydrogen-bond acceptors (Lipinski definition) is 1. The van der Waals surface area contributed by atoms with Crippen molar-refractivity contribution in [2.75, 3.05) is 6.54 Å². The second-order valence-corrected chi connectivity index (χ2v) is 3.64. The van der Waals surface area contributed by atoms with Crippen LogP contribution in [0.15, 0.2) is 30.3 Å². The second-order valence-electron chi connectivity index (χ2n) is 2.90. The molecular weight excluding hydrogens is 170 g/mol. The maximum atomic E-state index is 5.78. The van der Waals surface area contributed by atoms with Crippen LogP contribution >= 0.6 is 11.6 Å². The first-order valence-corrected chi connectivity index (χ1v) is 4.61. The van der Waals surface area contributed by atoms with Gasteiger partial charge in [0.25, 0.3) is 0 Å². The molecule has 1 aromatic rings. The maximum absolute atomic E-state index is 5.78. The highest BCUT2D eigenvalue weighted by molar-refractivity contribution is 6.20. The maximum Gasteiger partial charge on any atom is 0.0432 e. The molecule has 0 amide bonds. The summed E-state index contributed by atoms with van der Waals surface area (Å²) < 4.78 is 0. The third kappa shape index (κ3) is 3.74. The number of halogens is 1. The van der Waals surface area contributed by atoms with E-state index in [2.05, 4.69) is 17.4 Å². The largest absolute Gasteiger partial charge is 0.311 e. The Bertz CT molecular complexity index is 208. The molecule has 1 nitrogen and oxygen atoms in total. The van der Waals surface area contributed by atoms with Crippen LogP contribution < -0.4 is 5.32 Å². The molecule has 0 aliphatic heterocycles. The predicted octanol–water partition coefficient (Wildman–Crippen LogP) is 2.40. The Morgan fingerprint density at radius 1 is 1.33 bits per heavy atom. The molecule has 0 saturated heterocycles. The summed E-state index contributed by atoms with van der Waals surface area (Å²) in [5, 5.41) is 3.47. The van der Waals surface area contributed by atoms with Crippen LogP contribution in [0.5, 0.6) is 0 Å². The smallest absolute Gasteiger partial charge is 0.0432 e. The van der Waals surface area contributed by atoms with Gasteiger partial charge in [0.15, 0.2) is 0 Å². The van der Waals surface area contributed by atoms with E-state index in [1.807, 2.05) is 25.1 Å². The molecular formula is C10H14ClN. The molecule has 0 spiro atoms. The number of rotatable bonds is 4. The van der Waals surface area contributed by atoms with Gasteiger partial charge in [-0.25, -0.2) is 0 Å². The van der Waals surface area contributed by atoms with Crippen molar-refractivity contribution in [3.63, 3.8) is 0 Å². The lowest BCUT2D eigenvalue weighted by molar-refractivity contribution is 0.680. The Hall–Kier alpha value is -0.530. The van der Waals surface area contributed by atoms with Crippen LogP contribution in [0.4, 0.5) is 0 Å². The Balaban J connectivity index is 2.25. The fourth-order valence-electron chi connectivity index (χ4n) is 1.01. The Morgan fingerprint density at radius 2 is 2.00 bits per heavy atom. The van der Waals surface area contributed by atoms with Gasteiger partial charge < -0.3 is 5.32 Å². The molecule has 0 aromatic heterocycles. The lowest BCUT2D eigenvalue weighted by Crippen LogP contribution is -2.20. The summed E-state index contributed by atoms with van der Waals surface area (Å²) in [6, 6.07) is 10.3. The van der Waals surface area contributed by atoms with Crippen molar-refractivity contribution in [3.05, 3.63) is 35.9 Å². The molecule has 0 heterocycles. The Morgan fingerprint density at radius 3 is 2.58 bits per heavy atom. The summed E-state index contributed by atoms with van der Waals surface area (Å²) in [5.74, 6) is 0. The van der Waals surface area contributed by atoms with E-state index in [1.165, 1.54) is 5.56 Å². The molecule has 0 aliphatic carbocycles. The van der Waals surface area contributed by atoms with E-state index >= 15 is 0 Å². The van der Waals surface area contributed by atoms with E-state index in [1.54, 1.807) is 0 Å². The average molecular weight is 184 g/mol. The fourth-order valence-corrected chi connectivity index (χ4v) is 1.12. The van der Waals surface area contributed by atoms with E-state index in [4.69, 9.17) is 11.6 Å². The van der Waals surface area contributed by atoms with Crippen molar-refractivity contribution < 1.29 is 0 Å². The van der Waals surface area contributed by atoms with Crippen molar-refractivity contribution in [3.8, 4) is 0 Å². The van der Waals surface area contributed by atoms with Crippen molar-refractivity contribution in [1.29, 1.82) is 0 Å². The summed E-state index contributed by atoms with van der Waals surface area (Å²) in [6.45, 7) is 3.74. The summed E-state index contributed by atoms with van der Waals surface area (Å²) in [5.41, 5.74) is 1.30. The van der Waals surface area contributed by atoms with Gasteiger partial charge in [-0.1, -0.05) is 30.3 Å². The van der Waals surface area contributed by atoms with Gasteiger partial charge in [-0.2, -0.15) is 0 Å². The molecule has 1 atom stereocenters. The van der Waals surface area contributed by atoms with Crippen LogP contribution in [-0.2, 0) is 6.54 Å². The zero-order valence-corrected chi connectivity index (χ0v) is 8.01. The number of benzene rings is 1. The molecule has 66 valence electrons. The SMILES string of the molecule is C[C@H](Cl)CNCc1ccccc1. The molecule has 2 heteroatoms.